The van der Waals surface area contributed by atoms with Crippen LogP contribution in [-0.4, -0.2) is 36.8 Å². The molecule has 0 spiro atoms. The van der Waals surface area contributed by atoms with E-state index in [9.17, 15) is 5.11 Å². The van der Waals surface area contributed by atoms with Crippen molar-refractivity contribution in [2.75, 3.05) is 26.7 Å². The van der Waals surface area contributed by atoms with E-state index in [0.29, 0.717) is 6.54 Å². The van der Waals surface area contributed by atoms with E-state index in [1.807, 2.05) is 31.2 Å². The van der Waals surface area contributed by atoms with Crippen LogP contribution in [0.15, 0.2) is 24.3 Å². The third-order valence-electron chi connectivity index (χ3n) is 4.14. The zero-order valence-corrected chi connectivity index (χ0v) is 12.2. The molecule has 108 valence electrons. The Morgan fingerprint density at radius 3 is 2.75 bits per heavy atom. The molecule has 0 radical (unpaired) electrons. The van der Waals surface area contributed by atoms with Gasteiger partial charge in [-0.05, 0) is 50.6 Å². The molecule has 0 saturated carbocycles. The Morgan fingerprint density at radius 2 is 2.15 bits per heavy atom. The maximum absolute atomic E-state index is 10.3. The number of methoxy groups -OCH3 is 1. The van der Waals surface area contributed by atoms with Crippen molar-refractivity contribution in [2.24, 2.45) is 5.41 Å². The summed E-state index contributed by atoms with van der Waals surface area (Å²) in [5.74, 6) is 0.761. The van der Waals surface area contributed by atoms with E-state index >= 15 is 0 Å². The van der Waals surface area contributed by atoms with E-state index in [1.165, 1.54) is 0 Å². The molecular weight excluding hydrogens is 252 g/mol. The van der Waals surface area contributed by atoms with E-state index in [1.54, 1.807) is 7.11 Å². The van der Waals surface area contributed by atoms with Crippen molar-refractivity contribution in [2.45, 2.75) is 25.9 Å². The predicted molar refractivity (Wildman–Crippen MR) is 77.3 cm³/mol. The first kappa shape index (κ1) is 14.8. The highest BCUT2D eigenvalue weighted by Crippen LogP contribution is 2.30. The maximum Gasteiger partial charge on any atom is 0.119 e. The summed E-state index contributed by atoms with van der Waals surface area (Å²) in [6.45, 7) is 4.35. The summed E-state index contributed by atoms with van der Waals surface area (Å²) in [4.78, 5) is 2.23. The van der Waals surface area contributed by atoms with Gasteiger partial charge in [0.2, 0.25) is 0 Å². The fourth-order valence-corrected chi connectivity index (χ4v) is 2.54. The van der Waals surface area contributed by atoms with Crippen molar-refractivity contribution in [3.05, 3.63) is 29.8 Å². The third kappa shape index (κ3) is 3.50. The van der Waals surface area contributed by atoms with Crippen LogP contribution in [0.2, 0.25) is 0 Å². The molecule has 1 aliphatic heterocycles. The number of aliphatic hydroxyl groups is 1. The second kappa shape index (κ2) is 6.25. The second-order valence-corrected chi connectivity index (χ2v) is 5.77. The highest BCUT2D eigenvalue weighted by molar-refractivity contribution is 5.29. The zero-order valence-electron chi connectivity index (χ0n) is 12.2. The van der Waals surface area contributed by atoms with Gasteiger partial charge in [0.25, 0.3) is 0 Å². The minimum absolute atomic E-state index is 0.197. The van der Waals surface area contributed by atoms with Crippen LogP contribution in [0.3, 0.4) is 0 Å². The Hall–Kier alpha value is -1.57. The number of aliphatic hydroxyl groups excluding tert-OH is 1. The first-order chi connectivity index (χ1) is 9.56. The fraction of sp³-hybridized carbons (Fsp3) is 0.562. The number of hydrogen-bond acceptors (Lipinski definition) is 4. The maximum atomic E-state index is 10.3. The van der Waals surface area contributed by atoms with Gasteiger partial charge in [0.15, 0.2) is 0 Å². The summed E-state index contributed by atoms with van der Waals surface area (Å²) in [7, 11) is 1.62. The molecule has 1 unspecified atom stereocenters. The van der Waals surface area contributed by atoms with Gasteiger partial charge in [0, 0.05) is 6.54 Å². The van der Waals surface area contributed by atoms with Crippen molar-refractivity contribution in [1.29, 1.82) is 5.26 Å². The van der Waals surface area contributed by atoms with E-state index in [-0.39, 0.29) is 5.41 Å². The van der Waals surface area contributed by atoms with Gasteiger partial charge in [-0.3, -0.25) is 0 Å². The Balaban J connectivity index is 1.92. The van der Waals surface area contributed by atoms with Gasteiger partial charge in [-0.15, -0.1) is 0 Å². The van der Waals surface area contributed by atoms with Crippen LogP contribution in [0, 0.1) is 16.7 Å². The van der Waals surface area contributed by atoms with Crippen LogP contribution in [0.1, 0.15) is 31.4 Å². The molecule has 0 amide bonds. The standard InChI is InChI=1S/C16H22N2O2/c1-16(12-17)6-8-18(9-7-16)11-15(19)13-4-3-5-14(10-13)20-2/h3-5,10,15,19H,6-9,11H2,1-2H3. The molecule has 1 atom stereocenters. The molecule has 1 heterocycles. The first-order valence-corrected chi connectivity index (χ1v) is 7.02. The predicted octanol–water partition coefficient (Wildman–Crippen LogP) is 2.35. The Kier molecular flexibility index (Phi) is 4.64. The highest BCUT2D eigenvalue weighted by atomic mass is 16.5. The molecule has 2 rings (SSSR count). The van der Waals surface area contributed by atoms with Crippen molar-refractivity contribution < 1.29 is 9.84 Å². The SMILES string of the molecule is COc1cccc(C(O)CN2CCC(C)(C#N)CC2)c1. The number of benzene rings is 1. The van der Waals surface area contributed by atoms with Crippen LogP contribution in [0.5, 0.6) is 5.75 Å². The van der Waals surface area contributed by atoms with Crippen molar-refractivity contribution in [3.63, 3.8) is 0 Å². The quantitative estimate of drug-likeness (QED) is 0.915. The van der Waals surface area contributed by atoms with Crippen LogP contribution in [-0.2, 0) is 0 Å². The molecule has 0 aliphatic carbocycles. The lowest BCUT2D eigenvalue weighted by Crippen LogP contribution is -2.40. The lowest BCUT2D eigenvalue weighted by atomic mass is 9.82. The van der Waals surface area contributed by atoms with Gasteiger partial charge < -0.3 is 14.7 Å². The molecule has 1 fully saturated rings. The summed E-state index contributed by atoms with van der Waals surface area (Å²) in [6.07, 6.45) is 1.22. The molecule has 4 nitrogen and oxygen atoms in total. The van der Waals surface area contributed by atoms with Crippen LogP contribution in [0.4, 0.5) is 0 Å². The minimum Gasteiger partial charge on any atom is -0.497 e. The summed E-state index contributed by atoms with van der Waals surface area (Å²) in [5.41, 5.74) is 0.676. The minimum atomic E-state index is -0.517. The monoisotopic (exact) mass is 274 g/mol. The average Bonchev–Trinajstić information content (AvgIpc) is 2.50. The molecule has 0 aromatic heterocycles. The number of hydrogen-bond donors (Lipinski definition) is 1. The van der Waals surface area contributed by atoms with Gasteiger partial charge in [0.05, 0.1) is 24.7 Å². The Labute approximate surface area is 120 Å². The molecule has 1 N–H and O–H groups in total. The molecule has 1 saturated heterocycles. The molecule has 1 aromatic rings. The van der Waals surface area contributed by atoms with E-state index < -0.39 is 6.10 Å². The topological polar surface area (TPSA) is 56.5 Å². The number of likely N-dealkylation sites (tertiary alicyclic amines) is 1. The number of β-amino-alcohol motifs (C(OH)–C–C–N with tert-alkyl or cyclic N) is 1. The number of nitrogens with zero attached hydrogens (tertiary/aromatic N) is 2. The average molecular weight is 274 g/mol. The zero-order chi connectivity index (χ0) is 14.6. The fourth-order valence-electron chi connectivity index (χ4n) is 2.54. The molecule has 4 heteroatoms. The van der Waals surface area contributed by atoms with Gasteiger partial charge in [-0.1, -0.05) is 12.1 Å². The van der Waals surface area contributed by atoms with E-state index in [0.717, 1.165) is 37.2 Å². The molecule has 20 heavy (non-hydrogen) atoms. The summed E-state index contributed by atoms with van der Waals surface area (Å²) >= 11 is 0. The van der Waals surface area contributed by atoms with Crippen LogP contribution in [0.25, 0.3) is 0 Å². The van der Waals surface area contributed by atoms with E-state index in [2.05, 4.69) is 11.0 Å². The lowest BCUT2D eigenvalue weighted by Gasteiger charge is -2.35. The van der Waals surface area contributed by atoms with Gasteiger partial charge in [0.1, 0.15) is 5.75 Å². The smallest absolute Gasteiger partial charge is 0.119 e. The van der Waals surface area contributed by atoms with Crippen molar-refractivity contribution in [1.82, 2.24) is 4.90 Å². The van der Waals surface area contributed by atoms with Gasteiger partial charge in [-0.25, -0.2) is 0 Å². The highest BCUT2D eigenvalue weighted by Gasteiger charge is 2.30. The molecular formula is C16H22N2O2. The third-order valence-corrected chi connectivity index (χ3v) is 4.14. The van der Waals surface area contributed by atoms with Gasteiger partial charge >= 0.3 is 0 Å². The first-order valence-electron chi connectivity index (χ1n) is 7.02. The lowest BCUT2D eigenvalue weighted by molar-refractivity contribution is 0.0797. The van der Waals surface area contributed by atoms with Crippen LogP contribution >= 0.6 is 0 Å². The normalized spacial score (nSPS) is 20.1. The van der Waals surface area contributed by atoms with Crippen molar-refractivity contribution >= 4 is 0 Å². The van der Waals surface area contributed by atoms with E-state index in [4.69, 9.17) is 10.00 Å². The summed E-state index contributed by atoms with van der Waals surface area (Å²) in [5, 5.41) is 19.4. The largest absolute Gasteiger partial charge is 0.497 e. The Bertz CT molecular complexity index is 487. The van der Waals surface area contributed by atoms with Crippen molar-refractivity contribution in [3.8, 4) is 11.8 Å². The molecule has 0 bridgehead atoms. The summed E-state index contributed by atoms with van der Waals surface area (Å²) in [6, 6.07) is 9.94. The Morgan fingerprint density at radius 1 is 1.45 bits per heavy atom. The summed E-state index contributed by atoms with van der Waals surface area (Å²) < 4.78 is 5.18. The van der Waals surface area contributed by atoms with Crippen LogP contribution < -0.4 is 4.74 Å². The number of nitriles is 1. The number of rotatable bonds is 4. The number of piperidine rings is 1. The molecule has 1 aromatic carbocycles. The number of ether oxygens (including phenoxy) is 1. The van der Waals surface area contributed by atoms with Gasteiger partial charge in [-0.2, -0.15) is 5.26 Å². The molecule has 1 aliphatic rings. The second-order valence-electron chi connectivity index (χ2n) is 5.77.